The maximum atomic E-state index is 12.4. The zero-order valence-corrected chi connectivity index (χ0v) is 19.1. The van der Waals surface area contributed by atoms with Crippen LogP contribution in [0.2, 0.25) is 0 Å². The lowest BCUT2D eigenvalue weighted by atomic mass is 10.2. The Balaban J connectivity index is 1.69. The van der Waals surface area contributed by atoms with E-state index in [1.54, 1.807) is 24.3 Å². The van der Waals surface area contributed by atoms with Crippen molar-refractivity contribution < 1.29 is 23.1 Å². The normalized spacial score (nSPS) is 11.3. The maximum Gasteiger partial charge on any atom is 0.271 e. The molecule has 0 saturated heterocycles. The zero-order valence-electron chi connectivity index (χ0n) is 18.3. The molecule has 8 nitrogen and oxygen atoms in total. The van der Waals surface area contributed by atoms with Gasteiger partial charge in [0.2, 0.25) is 10.0 Å². The molecule has 0 aliphatic heterocycles. The molecule has 0 unspecified atom stereocenters. The predicted octanol–water partition coefficient (Wildman–Crippen LogP) is 3.52. The first kappa shape index (κ1) is 23.8. The number of aromatic hydroxyl groups is 1. The number of phenols is 1. The number of carbonyl (C=O) groups excluding carboxylic acids is 1. The van der Waals surface area contributed by atoms with Gasteiger partial charge in [0, 0.05) is 5.56 Å². The molecule has 0 heterocycles. The van der Waals surface area contributed by atoms with Crippen LogP contribution >= 0.6 is 0 Å². The minimum Gasteiger partial charge on any atom is -0.504 e. The summed E-state index contributed by atoms with van der Waals surface area (Å²) >= 11 is 0. The van der Waals surface area contributed by atoms with Crippen molar-refractivity contribution in [3.63, 3.8) is 0 Å². The Morgan fingerprint density at radius 3 is 2.42 bits per heavy atom. The van der Waals surface area contributed by atoms with Gasteiger partial charge in [0.15, 0.2) is 11.5 Å². The molecular formula is C24H25N3O5S. The van der Waals surface area contributed by atoms with E-state index in [1.807, 2.05) is 37.3 Å². The van der Waals surface area contributed by atoms with Crippen LogP contribution in [0.5, 0.6) is 11.5 Å². The topological polar surface area (TPSA) is 108 Å². The summed E-state index contributed by atoms with van der Waals surface area (Å²) in [4.78, 5) is 12.4. The summed E-state index contributed by atoms with van der Waals surface area (Å²) in [7, 11) is -3.52. The highest BCUT2D eigenvalue weighted by atomic mass is 32.2. The molecular weight excluding hydrogens is 442 g/mol. The third-order valence-electron chi connectivity index (χ3n) is 4.65. The molecule has 33 heavy (non-hydrogen) atoms. The largest absolute Gasteiger partial charge is 0.504 e. The highest BCUT2D eigenvalue weighted by Gasteiger charge is 2.18. The summed E-state index contributed by atoms with van der Waals surface area (Å²) in [6.45, 7) is 2.40. The number of nitrogens with one attached hydrogen (secondary N) is 1. The van der Waals surface area contributed by atoms with Crippen molar-refractivity contribution in [3.8, 4) is 11.5 Å². The number of ether oxygens (including phenoxy) is 1. The van der Waals surface area contributed by atoms with Gasteiger partial charge in [-0.15, -0.1) is 0 Å². The lowest BCUT2D eigenvalue weighted by molar-refractivity contribution is 0.0955. The van der Waals surface area contributed by atoms with E-state index < -0.39 is 15.9 Å². The van der Waals surface area contributed by atoms with Gasteiger partial charge < -0.3 is 9.84 Å². The van der Waals surface area contributed by atoms with Gasteiger partial charge in [0.25, 0.3) is 5.91 Å². The van der Waals surface area contributed by atoms with Gasteiger partial charge in [-0.2, -0.15) is 5.10 Å². The molecule has 1 amide bonds. The van der Waals surface area contributed by atoms with E-state index in [2.05, 4.69) is 10.5 Å². The van der Waals surface area contributed by atoms with Crippen molar-refractivity contribution in [2.45, 2.75) is 13.5 Å². The highest BCUT2D eigenvalue weighted by Crippen LogP contribution is 2.26. The van der Waals surface area contributed by atoms with Gasteiger partial charge in [0.1, 0.15) is 0 Å². The Labute approximate surface area is 193 Å². The predicted molar refractivity (Wildman–Crippen MR) is 128 cm³/mol. The number of anilines is 1. The Bertz CT molecular complexity index is 1230. The van der Waals surface area contributed by atoms with Crippen LogP contribution in [-0.2, 0) is 16.6 Å². The van der Waals surface area contributed by atoms with E-state index in [4.69, 9.17) is 4.74 Å². The van der Waals surface area contributed by atoms with E-state index in [-0.39, 0.29) is 12.3 Å². The average Bonchev–Trinajstić information content (AvgIpc) is 2.80. The average molecular weight is 468 g/mol. The number of phenolic OH excluding ortho intramolecular Hbond substituents is 1. The molecule has 0 aliphatic rings. The Kier molecular flexibility index (Phi) is 7.68. The molecule has 0 atom stereocenters. The standard InChI is InChI=1S/C24H25N3O5S/c1-3-32-23-15-19(9-14-22(23)28)16-25-26-24(29)20-10-12-21(13-11-20)27(33(2,30)31)17-18-7-5-4-6-8-18/h4-16,28H,3,17H2,1-2H3,(H,26,29)/b25-16-. The molecule has 3 aromatic rings. The molecule has 0 bridgehead atoms. The van der Waals surface area contributed by atoms with Crippen molar-refractivity contribution in [2.75, 3.05) is 17.2 Å². The molecule has 0 aliphatic carbocycles. The van der Waals surface area contributed by atoms with Gasteiger partial charge in [-0.3, -0.25) is 9.10 Å². The number of carbonyl (C=O) groups is 1. The fourth-order valence-corrected chi connectivity index (χ4v) is 3.93. The van der Waals surface area contributed by atoms with E-state index in [9.17, 15) is 18.3 Å². The fourth-order valence-electron chi connectivity index (χ4n) is 3.04. The summed E-state index contributed by atoms with van der Waals surface area (Å²) in [5.41, 5.74) is 4.69. The second-order valence-electron chi connectivity index (χ2n) is 7.16. The highest BCUT2D eigenvalue weighted by molar-refractivity contribution is 7.92. The molecule has 0 saturated carbocycles. The smallest absolute Gasteiger partial charge is 0.271 e. The number of hydrogen-bond acceptors (Lipinski definition) is 6. The van der Waals surface area contributed by atoms with Crippen molar-refractivity contribution in [1.82, 2.24) is 5.43 Å². The minimum absolute atomic E-state index is 0.0218. The first-order valence-corrected chi connectivity index (χ1v) is 12.0. The molecule has 3 aromatic carbocycles. The first-order valence-electron chi connectivity index (χ1n) is 10.2. The van der Waals surface area contributed by atoms with Gasteiger partial charge in [-0.05, 0) is 60.5 Å². The fraction of sp³-hybridized carbons (Fsp3) is 0.167. The Morgan fingerprint density at radius 1 is 1.09 bits per heavy atom. The van der Waals surface area contributed by atoms with E-state index >= 15 is 0 Å². The SMILES string of the molecule is CCOc1cc(/C=N\NC(=O)c2ccc(N(Cc3ccccc3)S(C)(=O)=O)cc2)ccc1O. The number of rotatable bonds is 9. The molecule has 2 N–H and O–H groups in total. The number of amides is 1. The number of benzene rings is 3. The molecule has 0 fully saturated rings. The third kappa shape index (κ3) is 6.56. The van der Waals surface area contributed by atoms with Crippen LogP contribution in [0.15, 0.2) is 77.9 Å². The maximum absolute atomic E-state index is 12.4. The third-order valence-corrected chi connectivity index (χ3v) is 5.79. The number of sulfonamides is 1. The summed E-state index contributed by atoms with van der Waals surface area (Å²) < 4.78 is 31.2. The Hall–Kier alpha value is -3.85. The van der Waals surface area contributed by atoms with Gasteiger partial charge in [0.05, 0.1) is 31.3 Å². The quantitative estimate of drug-likeness (QED) is 0.370. The first-order chi connectivity index (χ1) is 15.8. The van der Waals surface area contributed by atoms with E-state index in [0.717, 1.165) is 11.8 Å². The zero-order chi connectivity index (χ0) is 23.8. The van der Waals surface area contributed by atoms with Crippen LogP contribution in [0.25, 0.3) is 0 Å². The molecule has 0 aromatic heterocycles. The molecule has 0 spiro atoms. The minimum atomic E-state index is -3.52. The number of hydrogen-bond donors (Lipinski definition) is 2. The van der Waals surface area contributed by atoms with Crippen molar-refractivity contribution >= 4 is 27.8 Å². The lowest BCUT2D eigenvalue weighted by Crippen LogP contribution is -2.29. The summed E-state index contributed by atoms with van der Waals surface area (Å²) in [5, 5.41) is 13.7. The van der Waals surface area contributed by atoms with Crippen LogP contribution < -0.4 is 14.5 Å². The number of hydrazone groups is 1. The van der Waals surface area contributed by atoms with E-state index in [1.165, 1.54) is 28.7 Å². The van der Waals surface area contributed by atoms with Crippen LogP contribution in [0.4, 0.5) is 5.69 Å². The van der Waals surface area contributed by atoms with Crippen LogP contribution in [0.1, 0.15) is 28.4 Å². The van der Waals surface area contributed by atoms with E-state index in [0.29, 0.717) is 29.2 Å². The summed E-state index contributed by atoms with van der Waals surface area (Å²) in [6.07, 6.45) is 2.57. The Morgan fingerprint density at radius 2 is 1.79 bits per heavy atom. The lowest BCUT2D eigenvalue weighted by Gasteiger charge is -2.22. The van der Waals surface area contributed by atoms with Gasteiger partial charge in [-0.1, -0.05) is 30.3 Å². The van der Waals surface area contributed by atoms with Crippen LogP contribution in [-0.4, -0.2) is 38.5 Å². The second-order valence-corrected chi connectivity index (χ2v) is 9.07. The summed E-state index contributed by atoms with van der Waals surface area (Å²) in [6, 6.07) is 20.2. The van der Waals surface area contributed by atoms with Gasteiger partial charge >= 0.3 is 0 Å². The van der Waals surface area contributed by atoms with Crippen LogP contribution in [0.3, 0.4) is 0 Å². The second kappa shape index (κ2) is 10.6. The number of nitrogens with zero attached hydrogens (tertiary/aromatic N) is 2. The molecule has 3 rings (SSSR count). The summed E-state index contributed by atoms with van der Waals surface area (Å²) in [5.74, 6) is -0.0987. The van der Waals surface area contributed by atoms with Crippen molar-refractivity contribution in [1.29, 1.82) is 0 Å². The molecule has 172 valence electrons. The monoisotopic (exact) mass is 467 g/mol. The van der Waals surface area contributed by atoms with Crippen LogP contribution in [0, 0.1) is 0 Å². The van der Waals surface area contributed by atoms with Crippen molar-refractivity contribution in [3.05, 3.63) is 89.5 Å². The molecule has 9 heteroatoms. The van der Waals surface area contributed by atoms with Gasteiger partial charge in [-0.25, -0.2) is 13.8 Å². The van der Waals surface area contributed by atoms with Crippen molar-refractivity contribution in [2.24, 2.45) is 5.10 Å². The molecule has 0 radical (unpaired) electrons.